The van der Waals surface area contributed by atoms with E-state index in [4.69, 9.17) is 5.73 Å². The van der Waals surface area contributed by atoms with Crippen molar-refractivity contribution < 1.29 is 9.90 Å². The van der Waals surface area contributed by atoms with E-state index in [1.165, 1.54) is 16.7 Å². The fourth-order valence-corrected chi connectivity index (χ4v) is 3.36. The van der Waals surface area contributed by atoms with Crippen molar-refractivity contribution >= 4 is 5.91 Å². The van der Waals surface area contributed by atoms with E-state index in [0.717, 1.165) is 45.3 Å². The summed E-state index contributed by atoms with van der Waals surface area (Å²) in [4.78, 5) is 13.6. The Hall–Kier alpha value is -1.39. The SMILES string of the molecule is NC(=O)C1CCc2cc(CN3CCC(O)C3)ccc2C1. The third-order valence-corrected chi connectivity index (χ3v) is 4.56. The molecule has 3 rings (SSSR count). The van der Waals surface area contributed by atoms with Crippen molar-refractivity contribution in [2.24, 2.45) is 11.7 Å². The van der Waals surface area contributed by atoms with Gasteiger partial charge in [0.1, 0.15) is 0 Å². The summed E-state index contributed by atoms with van der Waals surface area (Å²) in [5, 5.41) is 9.57. The van der Waals surface area contributed by atoms with Gasteiger partial charge in [-0.3, -0.25) is 9.69 Å². The first-order chi connectivity index (χ1) is 9.61. The maximum atomic E-state index is 11.3. The van der Waals surface area contributed by atoms with Crippen molar-refractivity contribution in [2.45, 2.75) is 38.3 Å². The molecule has 1 heterocycles. The van der Waals surface area contributed by atoms with E-state index in [0.29, 0.717) is 0 Å². The Morgan fingerprint density at radius 2 is 2.20 bits per heavy atom. The van der Waals surface area contributed by atoms with Crippen LogP contribution >= 0.6 is 0 Å². The monoisotopic (exact) mass is 274 g/mol. The first-order valence-electron chi connectivity index (χ1n) is 7.42. The summed E-state index contributed by atoms with van der Waals surface area (Å²) in [6.45, 7) is 2.66. The standard InChI is InChI=1S/C16H22N2O2/c17-16(20)14-4-3-12-7-11(1-2-13(12)8-14)9-18-6-5-15(19)10-18/h1-2,7,14-15,19H,3-6,8-10H2,(H2,17,20). The van der Waals surface area contributed by atoms with Crippen molar-refractivity contribution in [3.63, 3.8) is 0 Å². The van der Waals surface area contributed by atoms with E-state index in [9.17, 15) is 9.90 Å². The smallest absolute Gasteiger partial charge is 0.220 e. The van der Waals surface area contributed by atoms with Crippen LogP contribution in [0.5, 0.6) is 0 Å². The van der Waals surface area contributed by atoms with E-state index in [1.807, 2.05) is 0 Å². The number of rotatable bonds is 3. The Bertz CT molecular complexity index is 515. The lowest BCUT2D eigenvalue weighted by Crippen LogP contribution is -2.28. The normalized spacial score (nSPS) is 26.4. The molecule has 1 saturated heterocycles. The number of hydrogen-bond acceptors (Lipinski definition) is 3. The van der Waals surface area contributed by atoms with Crippen LogP contribution in [0.1, 0.15) is 29.5 Å². The lowest BCUT2D eigenvalue weighted by Gasteiger charge is -2.23. The van der Waals surface area contributed by atoms with E-state index in [2.05, 4.69) is 23.1 Å². The molecule has 2 unspecified atom stereocenters. The fourth-order valence-electron chi connectivity index (χ4n) is 3.36. The molecule has 0 aromatic heterocycles. The van der Waals surface area contributed by atoms with Crippen LogP contribution in [0.2, 0.25) is 0 Å². The molecule has 0 saturated carbocycles. The van der Waals surface area contributed by atoms with Crippen LogP contribution in [0.15, 0.2) is 18.2 Å². The summed E-state index contributed by atoms with van der Waals surface area (Å²) >= 11 is 0. The molecular weight excluding hydrogens is 252 g/mol. The van der Waals surface area contributed by atoms with Gasteiger partial charge in [-0.15, -0.1) is 0 Å². The topological polar surface area (TPSA) is 66.6 Å². The molecule has 1 aliphatic heterocycles. The number of nitrogens with two attached hydrogens (primary N) is 1. The first kappa shape index (κ1) is 13.6. The highest BCUT2D eigenvalue weighted by Gasteiger charge is 2.24. The predicted octanol–water partition coefficient (Wildman–Crippen LogP) is 0.843. The van der Waals surface area contributed by atoms with Gasteiger partial charge >= 0.3 is 0 Å². The van der Waals surface area contributed by atoms with Gasteiger partial charge in [0, 0.05) is 25.6 Å². The summed E-state index contributed by atoms with van der Waals surface area (Å²) in [6, 6.07) is 6.55. The molecule has 108 valence electrons. The number of β-amino-alcohol motifs (C(OH)–C–C–N with tert-alkyl or cyclic N) is 1. The number of carbonyl (C=O) groups is 1. The van der Waals surface area contributed by atoms with Gasteiger partial charge in [0.05, 0.1) is 6.10 Å². The van der Waals surface area contributed by atoms with Gasteiger partial charge in [0.15, 0.2) is 0 Å². The fraction of sp³-hybridized carbons (Fsp3) is 0.562. The number of fused-ring (bicyclic) bond motifs is 1. The number of likely N-dealkylation sites (tertiary alicyclic amines) is 1. The number of aryl methyl sites for hydroxylation is 1. The van der Waals surface area contributed by atoms with Crippen LogP contribution in [0.3, 0.4) is 0 Å². The summed E-state index contributed by atoms with van der Waals surface area (Å²) < 4.78 is 0. The highest BCUT2D eigenvalue weighted by molar-refractivity contribution is 5.77. The molecule has 0 spiro atoms. The zero-order valence-corrected chi connectivity index (χ0v) is 11.7. The van der Waals surface area contributed by atoms with E-state index in [1.54, 1.807) is 0 Å². The molecule has 3 N–H and O–H groups in total. The van der Waals surface area contributed by atoms with Crippen molar-refractivity contribution in [2.75, 3.05) is 13.1 Å². The Balaban J connectivity index is 1.69. The molecule has 0 bridgehead atoms. The van der Waals surface area contributed by atoms with Crippen molar-refractivity contribution in [3.8, 4) is 0 Å². The number of aliphatic hydroxyl groups excluding tert-OH is 1. The molecule has 4 heteroatoms. The van der Waals surface area contributed by atoms with Crippen LogP contribution in [0.4, 0.5) is 0 Å². The van der Waals surface area contributed by atoms with Crippen LogP contribution < -0.4 is 5.73 Å². The van der Waals surface area contributed by atoms with Gasteiger partial charge < -0.3 is 10.8 Å². The molecule has 2 aliphatic rings. The maximum Gasteiger partial charge on any atom is 0.220 e. The minimum absolute atomic E-state index is 0.00193. The van der Waals surface area contributed by atoms with Crippen LogP contribution in [0, 0.1) is 5.92 Å². The Kier molecular flexibility index (Phi) is 3.76. The second-order valence-electron chi connectivity index (χ2n) is 6.12. The van der Waals surface area contributed by atoms with E-state index < -0.39 is 0 Å². The van der Waals surface area contributed by atoms with Gasteiger partial charge in [-0.2, -0.15) is 0 Å². The highest BCUT2D eigenvalue weighted by atomic mass is 16.3. The van der Waals surface area contributed by atoms with Gasteiger partial charge in [-0.25, -0.2) is 0 Å². The van der Waals surface area contributed by atoms with Gasteiger partial charge in [-0.05, 0) is 42.4 Å². The maximum absolute atomic E-state index is 11.3. The second kappa shape index (κ2) is 5.54. The quantitative estimate of drug-likeness (QED) is 0.858. The summed E-state index contributed by atoms with van der Waals surface area (Å²) in [5.41, 5.74) is 9.34. The molecule has 20 heavy (non-hydrogen) atoms. The van der Waals surface area contributed by atoms with Gasteiger partial charge in [-0.1, -0.05) is 18.2 Å². The Morgan fingerprint density at radius 1 is 1.35 bits per heavy atom. The molecular formula is C16H22N2O2. The summed E-state index contributed by atoms with van der Waals surface area (Å²) in [6.07, 6.45) is 3.32. The molecule has 0 radical (unpaired) electrons. The number of carbonyl (C=O) groups excluding carboxylic acids is 1. The molecule has 1 aliphatic carbocycles. The number of aliphatic hydroxyl groups is 1. The average molecular weight is 274 g/mol. The molecule has 1 aromatic rings. The zero-order chi connectivity index (χ0) is 14.1. The van der Waals surface area contributed by atoms with Crippen LogP contribution in [0.25, 0.3) is 0 Å². The van der Waals surface area contributed by atoms with Crippen LogP contribution in [-0.4, -0.2) is 35.1 Å². The molecule has 1 amide bonds. The number of amides is 1. The largest absolute Gasteiger partial charge is 0.392 e. The zero-order valence-electron chi connectivity index (χ0n) is 11.7. The minimum Gasteiger partial charge on any atom is -0.392 e. The number of hydrogen-bond donors (Lipinski definition) is 2. The summed E-state index contributed by atoms with van der Waals surface area (Å²) in [5.74, 6) is -0.173. The Labute approximate surface area is 119 Å². The minimum atomic E-state index is -0.175. The van der Waals surface area contributed by atoms with Crippen LogP contribution in [-0.2, 0) is 24.2 Å². The van der Waals surface area contributed by atoms with E-state index in [-0.39, 0.29) is 17.9 Å². The number of benzene rings is 1. The predicted molar refractivity (Wildman–Crippen MR) is 77.1 cm³/mol. The number of nitrogens with zero attached hydrogens (tertiary/aromatic N) is 1. The molecule has 1 aromatic carbocycles. The lowest BCUT2D eigenvalue weighted by molar-refractivity contribution is -0.122. The third-order valence-electron chi connectivity index (χ3n) is 4.56. The Morgan fingerprint density at radius 3 is 2.90 bits per heavy atom. The molecule has 1 fully saturated rings. The third kappa shape index (κ3) is 2.86. The molecule has 4 nitrogen and oxygen atoms in total. The lowest BCUT2D eigenvalue weighted by atomic mass is 9.83. The van der Waals surface area contributed by atoms with Crippen molar-refractivity contribution in [3.05, 3.63) is 34.9 Å². The number of primary amides is 1. The second-order valence-corrected chi connectivity index (χ2v) is 6.12. The van der Waals surface area contributed by atoms with Crippen molar-refractivity contribution in [1.29, 1.82) is 0 Å². The van der Waals surface area contributed by atoms with Gasteiger partial charge in [0.25, 0.3) is 0 Å². The average Bonchev–Trinajstić information content (AvgIpc) is 2.83. The molecule has 2 atom stereocenters. The van der Waals surface area contributed by atoms with Crippen molar-refractivity contribution in [1.82, 2.24) is 4.90 Å². The first-order valence-corrected chi connectivity index (χ1v) is 7.42. The van der Waals surface area contributed by atoms with E-state index >= 15 is 0 Å². The highest BCUT2D eigenvalue weighted by Crippen LogP contribution is 2.27. The van der Waals surface area contributed by atoms with Gasteiger partial charge in [0.2, 0.25) is 5.91 Å². The summed E-state index contributed by atoms with van der Waals surface area (Å²) in [7, 11) is 0.